The molecular formula is C17H25N7O2. The average molecular weight is 359 g/mol. The molecule has 0 radical (unpaired) electrons. The van der Waals surface area contributed by atoms with E-state index in [1.54, 1.807) is 20.3 Å². The second-order valence-corrected chi connectivity index (χ2v) is 6.29. The zero-order chi connectivity index (χ0) is 18.7. The van der Waals surface area contributed by atoms with Gasteiger partial charge in [0.25, 0.3) is 0 Å². The van der Waals surface area contributed by atoms with Crippen molar-refractivity contribution < 1.29 is 9.47 Å². The van der Waals surface area contributed by atoms with Crippen LogP contribution >= 0.6 is 0 Å². The van der Waals surface area contributed by atoms with Crippen molar-refractivity contribution >= 4 is 17.7 Å². The van der Waals surface area contributed by atoms with E-state index in [1.807, 2.05) is 32.0 Å². The van der Waals surface area contributed by atoms with Gasteiger partial charge in [-0.15, -0.1) is 0 Å². The first-order chi connectivity index (χ1) is 12.5. The highest BCUT2D eigenvalue weighted by Crippen LogP contribution is 2.23. The zero-order valence-electron chi connectivity index (χ0n) is 15.9. The minimum absolute atomic E-state index is 0.497. The first kappa shape index (κ1) is 18.0. The topological polar surface area (TPSA) is 79.7 Å². The lowest BCUT2D eigenvalue weighted by molar-refractivity contribution is 0.371. The predicted octanol–water partition coefficient (Wildman–Crippen LogP) is 0.985. The summed E-state index contributed by atoms with van der Waals surface area (Å²) in [5, 5.41) is 0. The van der Waals surface area contributed by atoms with Gasteiger partial charge in [-0.1, -0.05) is 0 Å². The van der Waals surface area contributed by atoms with Gasteiger partial charge in [0.1, 0.15) is 5.82 Å². The Balaban J connectivity index is 1.74. The Morgan fingerprint density at radius 1 is 0.846 bits per heavy atom. The standard InChI is InChI=1S/C17H25N7O2/c1-12-10-13(19-16(18-12)22(2)3)23-6-8-24(9-7-23)17-20-14(25-4)11-15(21-17)26-5/h10-11H,6-9H2,1-5H3. The van der Waals surface area contributed by atoms with Crippen LogP contribution in [0.2, 0.25) is 0 Å². The lowest BCUT2D eigenvalue weighted by Gasteiger charge is -2.35. The molecule has 1 aliphatic rings. The van der Waals surface area contributed by atoms with Crippen molar-refractivity contribution in [2.24, 2.45) is 0 Å². The van der Waals surface area contributed by atoms with Gasteiger partial charge in [0.2, 0.25) is 23.7 Å². The number of hydrogen-bond donors (Lipinski definition) is 0. The Labute approximate surface area is 153 Å². The van der Waals surface area contributed by atoms with E-state index in [0.29, 0.717) is 17.7 Å². The van der Waals surface area contributed by atoms with Gasteiger partial charge in [-0.05, 0) is 6.92 Å². The summed E-state index contributed by atoms with van der Waals surface area (Å²) in [7, 11) is 7.07. The Morgan fingerprint density at radius 3 is 1.96 bits per heavy atom. The maximum atomic E-state index is 5.24. The molecule has 1 saturated heterocycles. The Hall–Kier alpha value is -2.84. The van der Waals surface area contributed by atoms with Crippen molar-refractivity contribution in [1.82, 2.24) is 19.9 Å². The van der Waals surface area contributed by atoms with E-state index >= 15 is 0 Å². The lowest BCUT2D eigenvalue weighted by Crippen LogP contribution is -2.47. The number of anilines is 3. The molecule has 0 N–H and O–H groups in total. The predicted molar refractivity (Wildman–Crippen MR) is 101 cm³/mol. The average Bonchev–Trinajstić information content (AvgIpc) is 2.67. The molecular weight excluding hydrogens is 334 g/mol. The van der Waals surface area contributed by atoms with Gasteiger partial charge in [-0.25, -0.2) is 4.98 Å². The van der Waals surface area contributed by atoms with Gasteiger partial charge >= 0.3 is 0 Å². The highest BCUT2D eigenvalue weighted by molar-refractivity contribution is 5.47. The number of rotatable bonds is 5. The number of methoxy groups -OCH3 is 2. The van der Waals surface area contributed by atoms with Gasteiger partial charge in [0.05, 0.1) is 20.3 Å². The number of aryl methyl sites for hydroxylation is 1. The summed E-state index contributed by atoms with van der Waals surface area (Å²) < 4.78 is 10.5. The number of ether oxygens (including phenoxy) is 2. The molecule has 26 heavy (non-hydrogen) atoms. The fourth-order valence-corrected chi connectivity index (χ4v) is 2.78. The van der Waals surface area contributed by atoms with Crippen molar-refractivity contribution in [3.63, 3.8) is 0 Å². The van der Waals surface area contributed by atoms with Crippen LogP contribution in [0, 0.1) is 6.92 Å². The molecule has 0 aliphatic carbocycles. The van der Waals surface area contributed by atoms with Gasteiger partial charge in [0, 0.05) is 52.0 Å². The molecule has 3 rings (SSSR count). The molecule has 9 heteroatoms. The summed E-state index contributed by atoms with van der Waals surface area (Å²) in [6.45, 7) is 5.22. The number of hydrogen-bond acceptors (Lipinski definition) is 9. The van der Waals surface area contributed by atoms with E-state index in [0.717, 1.165) is 43.6 Å². The highest BCUT2D eigenvalue weighted by atomic mass is 16.5. The molecule has 0 unspecified atom stereocenters. The quantitative estimate of drug-likeness (QED) is 0.776. The van der Waals surface area contributed by atoms with E-state index in [1.165, 1.54) is 0 Å². The summed E-state index contributed by atoms with van der Waals surface area (Å²) in [5.41, 5.74) is 0.960. The van der Waals surface area contributed by atoms with Crippen LogP contribution in [-0.4, -0.2) is 74.4 Å². The molecule has 0 aromatic carbocycles. The second kappa shape index (κ2) is 7.59. The van der Waals surface area contributed by atoms with E-state index < -0.39 is 0 Å². The summed E-state index contributed by atoms with van der Waals surface area (Å²) in [5.74, 6) is 3.29. The highest BCUT2D eigenvalue weighted by Gasteiger charge is 2.22. The fraction of sp³-hybridized carbons (Fsp3) is 0.529. The molecule has 0 amide bonds. The minimum Gasteiger partial charge on any atom is -0.481 e. The van der Waals surface area contributed by atoms with Crippen molar-refractivity contribution in [3.05, 3.63) is 17.8 Å². The largest absolute Gasteiger partial charge is 0.481 e. The first-order valence-corrected chi connectivity index (χ1v) is 8.50. The molecule has 3 heterocycles. The summed E-state index contributed by atoms with van der Waals surface area (Å²) >= 11 is 0. The monoisotopic (exact) mass is 359 g/mol. The maximum Gasteiger partial charge on any atom is 0.232 e. The van der Waals surface area contributed by atoms with Crippen LogP contribution in [0.3, 0.4) is 0 Å². The molecule has 0 atom stereocenters. The van der Waals surface area contributed by atoms with Gasteiger partial charge in [-0.3, -0.25) is 0 Å². The number of piperazine rings is 1. The van der Waals surface area contributed by atoms with E-state index in [2.05, 4.69) is 29.7 Å². The SMILES string of the molecule is COc1cc(OC)nc(N2CCN(c3cc(C)nc(N(C)C)n3)CC2)n1. The van der Waals surface area contributed by atoms with Crippen LogP contribution in [0.25, 0.3) is 0 Å². The molecule has 0 spiro atoms. The van der Waals surface area contributed by atoms with Gasteiger partial charge in [0.15, 0.2) is 0 Å². The van der Waals surface area contributed by atoms with Gasteiger partial charge in [-0.2, -0.15) is 15.0 Å². The number of nitrogens with zero attached hydrogens (tertiary/aromatic N) is 7. The molecule has 9 nitrogen and oxygen atoms in total. The molecule has 140 valence electrons. The Bertz CT molecular complexity index is 729. The van der Waals surface area contributed by atoms with Crippen LogP contribution in [0.5, 0.6) is 11.8 Å². The van der Waals surface area contributed by atoms with Crippen LogP contribution in [0.15, 0.2) is 12.1 Å². The third-order valence-electron chi connectivity index (χ3n) is 4.20. The maximum absolute atomic E-state index is 5.24. The summed E-state index contributed by atoms with van der Waals surface area (Å²) in [4.78, 5) is 24.3. The molecule has 0 saturated carbocycles. The van der Waals surface area contributed by atoms with Crippen molar-refractivity contribution in [1.29, 1.82) is 0 Å². The smallest absolute Gasteiger partial charge is 0.232 e. The van der Waals surface area contributed by atoms with E-state index in [9.17, 15) is 0 Å². The van der Waals surface area contributed by atoms with Crippen molar-refractivity contribution in [2.75, 3.05) is 69.2 Å². The van der Waals surface area contributed by atoms with Crippen LogP contribution in [0.1, 0.15) is 5.69 Å². The third kappa shape index (κ3) is 3.87. The molecule has 0 bridgehead atoms. The fourth-order valence-electron chi connectivity index (χ4n) is 2.78. The summed E-state index contributed by atoms with van der Waals surface area (Å²) in [6.07, 6.45) is 0. The van der Waals surface area contributed by atoms with Crippen LogP contribution < -0.4 is 24.2 Å². The normalized spacial score (nSPS) is 14.3. The third-order valence-corrected chi connectivity index (χ3v) is 4.20. The zero-order valence-corrected chi connectivity index (χ0v) is 15.9. The second-order valence-electron chi connectivity index (χ2n) is 6.29. The van der Waals surface area contributed by atoms with Crippen LogP contribution in [-0.2, 0) is 0 Å². The van der Waals surface area contributed by atoms with Crippen LogP contribution in [0.4, 0.5) is 17.7 Å². The van der Waals surface area contributed by atoms with E-state index in [-0.39, 0.29) is 0 Å². The van der Waals surface area contributed by atoms with Crippen molar-refractivity contribution in [2.45, 2.75) is 6.92 Å². The first-order valence-electron chi connectivity index (χ1n) is 8.50. The Kier molecular flexibility index (Phi) is 5.24. The Morgan fingerprint density at radius 2 is 1.42 bits per heavy atom. The van der Waals surface area contributed by atoms with Crippen molar-refractivity contribution in [3.8, 4) is 11.8 Å². The molecule has 2 aromatic heterocycles. The van der Waals surface area contributed by atoms with Gasteiger partial charge < -0.3 is 24.2 Å². The number of aromatic nitrogens is 4. The minimum atomic E-state index is 0.497. The lowest BCUT2D eigenvalue weighted by atomic mass is 10.3. The summed E-state index contributed by atoms with van der Waals surface area (Å²) in [6, 6.07) is 3.69. The van der Waals surface area contributed by atoms with E-state index in [4.69, 9.17) is 9.47 Å². The molecule has 2 aromatic rings. The molecule has 1 fully saturated rings. The molecule has 1 aliphatic heterocycles.